The smallest absolute Gasteiger partial charge is 0.244 e. The van der Waals surface area contributed by atoms with Crippen LogP contribution < -0.4 is 4.90 Å². The van der Waals surface area contributed by atoms with Crippen LogP contribution in [0.4, 0.5) is 5.69 Å². The number of benzene rings is 1. The van der Waals surface area contributed by atoms with E-state index in [9.17, 15) is 9.90 Å². The van der Waals surface area contributed by atoms with Gasteiger partial charge in [-0.2, -0.15) is 0 Å². The fourth-order valence-electron chi connectivity index (χ4n) is 3.14. The number of nitrogens with zero attached hydrogens (tertiary/aromatic N) is 2. The van der Waals surface area contributed by atoms with E-state index in [1.807, 2.05) is 48.3 Å². The molecule has 6 heteroatoms. The molecule has 1 aromatic carbocycles. The molecule has 3 rings (SSSR count). The molecule has 1 aromatic heterocycles. The number of rotatable bonds is 8. The van der Waals surface area contributed by atoms with Crippen molar-refractivity contribution in [2.24, 2.45) is 0 Å². The lowest BCUT2D eigenvalue weighted by molar-refractivity contribution is -0.121. The Balaban J connectivity index is 1.46. The van der Waals surface area contributed by atoms with Crippen molar-refractivity contribution in [3.8, 4) is 0 Å². The van der Waals surface area contributed by atoms with Gasteiger partial charge in [0.05, 0.1) is 25.0 Å². The number of ether oxygens (including phenoxy) is 1. The second-order valence-electron chi connectivity index (χ2n) is 6.32. The molecule has 2 heterocycles. The monoisotopic (exact) mass is 344 g/mol. The summed E-state index contributed by atoms with van der Waals surface area (Å²) in [6.45, 7) is 1.62. The Morgan fingerprint density at radius 2 is 2.12 bits per heavy atom. The van der Waals surface area contributed by atoms with Crippen molar-refractivity contribution < 1.29 is 19.1 Å². The largest absolute Gasteiger partial charge is 0.467 e. The molecule has 1 N–H and O–H groups in total. The van der Waals surface area contributed by atoms with E-state index < -0.39 is 6.10 Å². The van der Waals surface area contributed by atoms with Gasteiger partial charge in [-0.15, -0.1) is 0 Å². The highest BCUT2D eigenvalue weighted by atomic mass is 16.5. The van der Waals surface area contributed by atoms with Gasteiger partial charge in [0.15, 0.2) is 0 Å². The number of carbonyl (C=O) groups is 1. The first-order valence-corrected chi connectivity index (χ1v) is 8.50. The normalized spacial score (nSPS) is 18.9. The number of hydrogen-bond acceptors (Lipinski definition) is 5. The average molecular weight is 344 g/mol. The molecule has 1 aliphatic rings. The van der Waals surface area contributed by atoms with Crippen molar-refractivity contribution in [2.75, 3.05) is 31.6 Å². The summed E-state index contributed by atoms with van der Waals surface area (Å²) in [6.07, 6.45) is 1.69. The van der Waals surface area contributed by atoms with Crippen LogP contribution in [-0.2, 0) is 16.1 Å². The lowest BCUT2D eigenvalue weighted by Gasteiger charge is -2.26. The first-order valence-electron chi connectivity index (χ1n) is 8.50. The SMILES string of the molecule is CN(CC(O)COCc1ccco1)C1CCN(c2ccccc2)C1=O. The van der Waals surface area contributed by atoms with Gasteiger partial charge in [-0.25, -0.2) is 0 Å². The molecule has 6 nitrogen and oxygen atoms in total. The van der Waals surface area contributed by atoms with Crippen molar-refractivity contribution in [2.45, 2.75) is 25.2 Å². The van der Waals surface area contributed by atoms with Gasteiger partial charge in [0.1, 0.15) is 12.4 Å². The Kier molecular flexibility index (Phi) is 5.86. The molecule has 0 saturated carbocycles. The summed E-state index contributed by atoms with van der Waals surface area (Å²) in [6, 6.07) is 13.1. The van der Waals surface area contributed by atoms with Gasteiger partial charge in [-0.3, -0.25) is 9.69 Å². The first kappa shape index (κ1) is 17.7. The third-order valence-electron chi connectivity index (χ3n) is 4.41. The zero-order valence-electron chi connectivity index (χ0n) is 14.4. The fraction of sp³-hybridized carbons (Fsp3) is 0.421. The van der Waals surface area contributed by atoms with Crippen molar-refractivity contribution in [3.63, 3.8) is 0 Å². The Morgan fingerprint density at radius 1 is 1.32 bits per heavy atom. The number of likely N-dealkylation sites (N-methyl/N-ethyl adjacent to an activating group) is 1. The van der Waals surface area contributed by atoms with Crippen LogP contribution in [0.2, 0.25) is 0 Å². The molecule has 2 atom stereocenters. The number of furan rings is 1. The number of amides is 1. The number of aliphatic hydroxyl groups excluding tert-OH is 1. The van der Waals surface area contributed by atoms with Crippen molar-refractivity contribution >= 4 is 11.6 Å². The summed E-state index contributed by atoms with van der Waals surface area (Å²) in [5.74, 6) is 0.808. The van der Waals surface area contributed by atoms with E-state index in [4.69, 9.17) is 9.15 Å². The van der Waals surface area contributed by atoms with Gasteiger partial charge >= 0.3 is 0 Å². The van der Waals surface area contributed by atoms with Crippen molar-refractivity contribution in [1.29, 1.82) is 0 Å². The lowest BCUT2D eigenvalue weighted by Crippen LogP contribution is -2.43. The van der Waals surface area contributed by atoms with E-state index in [1.54, 1.807) is 17.2 Å². The average Bonchev–Trinajstić information content (AvgIpc) is 3.25. The van der Waals surface area contributed by atoms with Crippen LogP contribution in [0.5, 0.6) is 0 Å². The zero-order valence-corrected chi connectivity index (χ0v) is 14.4. The van der Waals surface area contributed by atoms with Crippen molar-refractivity contribution in [1.82, 2.24) is 4.90 Å². The van der Waals surface area contributed by atoms with Crippen LogP contribution in [0.1, 0.15) is 12.2 Å². The third-order valence-corrected chi connectivity index (χ3v) is 4.41. The molecule has 1 saturated heterocycles. The maximum Gasteiger partial charge on any atom is 0.244 e. The molecule has 2 unspecified atom stereocenters. The summed E-state index contributed by atoms with van der Waals surface area (Å²) in [7, 11) is 1.87. The van der Waals surface area contributed by atoms with E-state index in [0.717, 1.165) is 17.9 Å². The molecule has 2 aromatic rings. The van der Waals surface area contributed by atoms with Gasteiger partial charge in [-0.05, 0) is 37.7 Å². The number of carbonyl (C=O) groups excluding carboxylic acids is 1. The van der Waals surface area contributed by atoms with Crippen LogP contribution in [0.25, 0.3) is 0 Å². The van der Waals surface area contributed by atoms with Crippen LogP contribution in [0.15, 0.2) is 53.1 Å². The molecule has 1 fully saturated rings. The highest BCUT2D eigenvalue weighted by Gasteiger charge is 2.35. The van der Waals surface area contributed by atoms with Crippen LogP contribution >= 0.6 is 0 Å². The standard InChI is InChI=1S/C19H24N2O4/c1-20(12-16(22)13-24-14-17-8-5-11-25-17)18-9-10-21(19(18)23)15-6-3-2-4-7-15/h2-8,11,16,18,22H,9-10,12-14H2,1H3. The highest BCUT2D eigenvalue weighted by molar-refractivity contribution is 5.99. The second-order valence-corrected chi connectivity index (χ2v) is 6.32. The molecular formula is C19H24N2O4. The minimum Gasteiger partial charge on any atom is -0.467 e. The van der Waals surface area contributed by atoms with Crippen LogP contribution in [0.3, 0.4) is 0 Å². The van der Waals surface area contributed by atoms with E-state index in [2.05, 4.69) is 0 Å². The summed E-state index contributed by atoms with van der Waals surface area (Å²) >= 11 is 0. The summed E-state index contributed by atoms with van der Waals surface area (Å²) in [5.41, 5.74) is 0.922. The fourth-order valence-corrected chi connectivity index (χ4v) is 3.14. The highest BCUT2D eigenvalue weighted by Crippen LogP contribution is 2.23. The number of para-hydroxylation sites is 1. The zero-order chi connectivity index (χ0) is 17.6. The minimum atomic E-state index is -0.654. The predicted molar refractivity (Wildman–Crippen MR) is 94.2 cm³/mol. The van der Waals surface area contributed by atoms with Crippen LogP contribution in [0, 0.1) is 0 Å². The maximum atomic E-state index is 12.7. The molecule has 134 valence electrons. The molecule has 0 spiro atoms. The number of hydrogen-bond donors (Lipinski definition) is 1. The van der Waals surface area contributed by atoms with Gasteiger partial charge in [0, 0.05) is 18.8 Å². The summed E-state index contributed by atoms with van der Waals surface area (Å²) in [4.78, 5) is 16.4. The van der Waals surface area contributed by atoms with Gasteiger partial charge < -0.3 is 19.2 Å². The van der Waals surface area contributed by atoms with Gasteiger partial charge in [0.2, 0.25) is 5.91 Å². The van der Waals surface area contributed by atoms with Gasteiger partial charge in [0.25, 0.3) is 0 Å². The Morgan fingerprint density at radius 3 is 2.84 bits per heavy atom. The molecule has 1 aliphatic heterocycles. The van der Waals surface area contributed by atoms with E-state index in [-0.39, 0.29) is 18.6 Å². The van der Waals surface area contributed by atoms with Crippen molar-refractivity contribution in [3.05, 3.63) is 54.5 Å². The Hall–Kier alpha value is -2.15. The number of anilines is 1. The molecule has 0 bridgehead atoms. The van der Waals surface area contributed by atoms with E-state index in [0.29, 0.717) is 19.7 Å². The number of aliphatic hydroxyl groups is 1. The molecule has 0 aliphatic carbocycles. The summed E-state index contributed by atoms with van der Waals surface area (Å²) in [5, 5.41) is 10.2. The topological polar surface area (TPSA) is 66.2 Å². The first-order chi connectivity index (χ1) is 12.1. The summed E-state index contributed by atoms with van der Waals surface area (Å²) < 4.78 is 10.6. The second kappa shape index (κ2) is 8.29. The maximum absolute atomic E-state index is 12.7. The van der Waals surface area contributed by atoms with E-state index >= 15 is 0 Å². The third kappa shape index (κ3) is 4.48. The van der Waals surface area contributed by atoms with Crippen LogP contribution in [-0.4, -0.2) is 54.8 Å². The Labute approximate surface area is 147 Å². The quantitative estimate of drug-likeness (QED) is 0.792. The molecule has 1 amide bonds. The Bertz CT molecular complexity index is 659. The molecular weight excluding hydrogens is 320 g/mol. The molecule has 0 radical (unpaired) electrons. The van der Waals surface area contributed by atoms with Gasteiger partial charge in [-0.1, -0.05) is 18.2 Å². The van der Waals surface area contributed by atoms with E-state index in [1.165, 1.54) is 0 Å². The predicted octanol–water partition coefficient (Wildman–Crippen LogP) is 1.89. The molecule has 25 heavy (non-hydrogen) atoms. The lowest BCUT2D eigenvalue weighted by atomic mass is 10.2. The minimum absolute atomic E-state index is 0.0809.